The fourth-order valence-corrected chi connectivity index (χ4v) is 2.83. The monoisotopic (exact) mass is 237 g/mol. The van der Waals surface area contributed by atoms with Crippen LogP contribution in [0.2, 0.25) is 0 Å². The molecule has 2 heterocycles. The van der Waals surface area contributed by atoms with Gasteiger partial charge in [-0.05, 0) is 25.2 Å². The van der Waals surface area contributed by atoms with Crippen molar-refractivity contribution in [3.05, 3.63) is 23.5 Å². The Hall–Kier alpha value is -1.23. The summed E-state index contributed by atoms with van der Waals surface area (Å²) in [6.45, 7) is 1.85. The van der Waals surface area contributed by atoms with Crippen LogP contribution in [0.1, 0.15) is 22.5 Å². The summed E-state index contributed by atoms with van der Waals surface area (Å²) in [4.78, 5) is 16.0. The number of aryl methyl sites for hydroxylation is 1. The van der Waals surface area contributed by atoms with Crippen LogP contribution in [0, 0.1) is 6.92 Å². The number of rotatable bonds is 2. The fraction of sp³-hybridized carbons (Fsp3) is 0.455. The lowest BCUT2D eigenvalue weighted by Gasteiger charge is -2.12. The number of nitrogens with one attached hydrogen (secondary N) is 1. The Morgan fingerprint density at radius 3 is 3.12 bits per heavy atom. The average Bonchev–Trinajstić information content (AvgIpc) is 2.70. The molecule has 0 radical (unpaired) electrons. The molecule has 16 heavy (non-hydrogen) atoms. The van der Waals surface area contributed by atoms with E-state index in [1.54, 1.807) is 12.3 Å². The maximum absolute atomic E-state index is 11.9. The first-order chi connectivity index (χ1) is 7.66. The highest BCUT2D eigenvalue weighted by Gasteiger charge is 2.19. The van der Waals surface area contributed by atoms with Gasteiger partial charge in [0.2, 0.25) is 0 Å². The number of thioether (sulfide) groups is 1. The van der Waals surface area contributed by atoms with Crippen LogP contribution in [-0.4, -0.2) is 28.4 Å². The molecule has 0 bridgehead atoms. The lowest BCUT2D eigenvalue weighted by Crippen LogP contribution is -2.35. The van der Waals surface area contributed by atoms with Gasteiger partial charge in [0.05, 0.1) is 5.56 Å². The summed E-state index contributed by atoms with van der Waals surface area (Å²) in [7, 11) is 0. The second-order valence-corrected chi connectivity index (χ2v) is 5.10. The van der Waals surface area contributed by atoms with Gasteiger partial charge in [-0.3, -0.25) is 9.78 Å². The third-order valence-electron chi connectivity index (χ3n) is 2.58. The van der Waals surface area contributed by atoms with Crippen molar-refractivity contribution in [2.75, 3.05) is 17.2 Å². The van der Waals surface area contributed by atoms with Crippen LogP contribution < -0.4 is 11.1 Å². The Kier molecular flexibility index (Phi) is 3.33. The van der Waals surface area contributed by atoms with Gasteiger partial charge in [0.25, 0.3) is 5.91 Å². The van der Waals surface area contributed by atoms with Crippen LogP contribution in [-0.2, 0) is 0 Å². The first kappa shape index (κ1) is 11.3. The lowest BCUT2D eigenvalue weighted by molar-refractivity contribution is 0.0941. The zero-order valence-corrected chi connectivity index (χ0v) is 10.0. The molecular weight excluding hydrogens is 222 g/mol. The van der Waals surface area contributed by atoms with E-state index in [4.69, 9.17) is 5.73 Å². The van der Waals surface area contributed by atoms with Crippen molar-refractivity contribution in [1.29, 1.82) is 0 Å². The molecule has 1 saturated heterocycles. The molecule has 1 atom stereocenters. The molecule has 4 nitrogen and oxygen atoms in total. The third kappa shape index (κ3) is 2.47. The molecule has 1 aromatic rings. The van der Waals surface area contributed by atoms with Crippen LogP contribution in [0.15, 0.2) is 12.3 Å². The summed E-state index contributed by atoms with van der Waals surface area (Å²) in [6.07, 6.45) is 2.58. The number of nitrogen functional groups attached to an aromatic ring is 1. The average molecular weight is 237 g/mol. The molecule has 0 aromatic carbocycles. The Bertz CT molecular complexity index is 402. The smallest absolute Gasteiger partial charge is 0.255 e. The Labute approximate surface area is 99.0 Å². The minimum Gasteiger partial charge on any atom is -0.398 e. The van der Waals surface area contributed by atoms with E-state index in [0.29, 0.717) is 11.3 Å². The van der Waals surface area contributed by atoms with Gasteiger partial charge in [0, 0.05) is 29.4 Å². The van der Waals surface area contributed by atoms with Gasteiger partial charge < -0.3 is 11.1 Å². The Balaban J connectivity index is 2.08. The summed E-state index contributed by atoms with van der Waals surface area (Å²) in [5.41, 5.74) is 7.59. The summed E-state index contributed by atoms with van der Waals surface area (Å²) in [6, 6.07) is 2.00. The quantitative estimate of drug-likeness (QED) is 0.811. The van der Waals surface area contributed by atoms with E-state index in [9.17, 15) is 4.79 Å². The van der Waals surface area contributed by atoms with Crippen molar-refractivity contribution in [3.63, 3.8) is 0 Å². The highest BCUT2D eigenvalue weighted by atomic mass is 32.2. The van der Waals surface area contributed by atoms with Gasteiger partial charge in [-0.1, -0.05) is 0 Å². The number of anilines is 1. The van der Waals surface area contributed by atoms with E-state index >= 15 is 0 Å². The number of aromatic nitrogens is 1. The van der Waals surface area contributed by atoms with E-state index in [0.717, 1.165) is 23.6 Å². The molecule has 2 rings (SSSR count). The van der Waals surface area contributed by atoms with Gasteiger partial charge in [0.1, 0.15) is 0 Å². The maximum Gasteiger partial charge on any atom is 0.255 e. The first-order valence-corrected chi connectivity index (χ1v) is 6.43. The molecule has 86 valence electrons. The van der Waals surface area contributed by atoms with Gasteiger partial charge in [0.15, 0.2) is 0 Å². The van der Waals surface area contributed by atoms with E-state index < -0.39 is 0 Å². The third-order valence-corrected chi connectivity index (χ3v) is 3.74. The van der Waals surface area contributed by atoms with E-state index in [-0.39, 0.29) is 11.9 Å². The molecule has 0 spiro atoms. The summed E-state index contributed by atoms with van der Waals surface area (Å²) in [5, 5.41) is 2.98. The normalized spacial score (nSPS) is 19.7. The molecule has 0 saturated carbocycles. The zero-order valence-electron chi connectivity index (χ0n) is 9.19. The molecule has 1 aliphatic heterocycles. The lowest BCUT2D eigenvalue weighted by atomic mass is 10.2. The first-order valence-electron chi connectivity index (χ1n) is 5.27. The van der Waals surface area contributed by atoms with Crippen molar-refractivity contribution < 1.29 is 4.79 Å². The maximum atomic E-state index is 11.9. The van der Waals surface area contributed by atoms with Crippen molar-refractivity contribution in [1.82, 2.24) is 10.3 Å². The molecule has 1 amide bonds. The molecular formula is C11H15N3OS. The second kappa shape index (κ2) is 4.74. The summed E-state index contributed by atoms with van der Waals surface area (Å²) < 4.78 is 0. The minimum atomic E-state index is -0.113. The standard InChI is InChI=1S/C11H15N3OS/c1-7-4-10(12)9(5-13-7)11(15)14-8-2-3-16-6-8/h4-5,8H,2-3,6H2,1H3,(H2,12,13)(H,14,15). The minimum absolute atomic E-state index is 0.113. The number of nitrogens with two attached hydrogens (primary N) is 1. The number of carbonyl (C=O) groups excluding carboxylic acids is 1. The molecule has 0 aliphatic carbocycles. The van der Waals surface area contributed by atoms with Crippen LogP contribution in [0.3, 0.4) is 0 Å². The Morgan fingerprint density at radius 1 is 1.69 bits per heavy atom. The molecule has 1 aromatic heterocycles. The predicted molar refractivity (Wildman–Crippen MR) is 66.6 cm³/mol. The zero-order chi connectivity index (χ0) is 11.5. The SMILES string of the molecule is Cc1cc(N)c(C(=O)NC2CCSC2)cn1. The highest BCUT2D eigenvalue weighted by Crippen LogP contribution is 2.18. The topological polar surface area (TPSA) is 68.0 Å². The summed E-state index contributed by atoms with van der Waals surface area (Å²) in [5.74, 6) is 2.00. The highest BCUT2D eigenvalue weighted by molar-refractivity contribution is 7.99. The van der Waals surface area contributed by atoms with Crippen molar-refractivity contribution in [2.45, 2.75) is 19.4 Å². The van der Waals surface area contributed by atoms with Gasteiger partial charge in [-0.15, -0.1) is 0 Å². The molecule has 1 fully saturated rings. The number of amides is 1. The largest absolute Gasteiger partial charge is 0.398 e. The van der Waals surface area contributed by atoms with Crippen molar-refractivity contribution >= 4 is 23.4 Å². The van der Waals surface area contributed by atoms with E-state index in [2.05, 4.69) is 10.3 Å². The van der Waals surface area contributed by atoms with E-state index in [1.807, 2.05) is 18.7 Å². The van der Waals surface area contributed by atoms with Gasteiger partial charge in [-0.2, -0.15) is 11.8 Å². The van der Waals surface area contributed by atoms with Gasteiger partial charge in [-0.25, -0.2) is 0 Å². The van der Waals surface area contributed by atoms with Crippen molar-refractivity contribution in [2.24, 2.45) is 0 Å². The van der Waals surface area contributed by atoms with Crippen LogP contribution in [0.25, 0.3) is 0 Å². The number of pyridine rings is 1. The number of hydrogen-bond acceptors (Lipinski definition) is 4. The van der Waals surface area contributed by atoms with Crippen molar-refractivity contribution in [3.8, 4) is 0 Å². The molecule has 3 N–H and O–H groups in total. The van der Waals surface area contributed by atoms with Gasteiger partial charge >= 0.3 is 0 Å². The molecule has 5 heteroatoms. The summed E-state index contributed by atoms with van der Waals surface area (Å²) >= 11 is 1.86. The Morgan fingerprint density at radius 2 is 2.50 bits per heavy atom. The number of hydrogen-bond donors (Lipinski definition) is 2. The van der Waals surface area contributed by atoms with Crippen LogP contribution >= 0.6 is 11.8 Å². The second-order valence-electron chi connectivity index (χ2n) is 3.95. The van der Waals surface area contributed by atoms with E-state index in [1.165, 1.54) is 0 Å². The fourth-order valence-electron chi connectivity index (χ4n) is 1.68. The molecule has 1 unspecified atom stereocenters. The molecule has 1 aliphatic rings. The number of carbonyl (C=O) groups is 1. The predicted octanol–water partition coefficient (Wildman–Crippen LogP) is 1.21. The van der Waals surface area contributed by atoms with Crippen LogP contribution in [0.5, 0.6) is 0 Å². The van der Waals surface area contributed by atoms with Crippen LogP contribution in [0.4, 0.5) is 5.69 Å². The number of nitrogens with zero attached hydrogens (tertiary/aromatic N) is 1.